The van der Waals surface area contributed by atoms with Gasteiger partial charge in [-0.05, 0) is 18.2 Å². The van der Waals surface area contributed by atoms with Crippen molar-refractivity contribution in [3.05, 3.63) is 28.7 Å². The Morgan fingerprint density at radius 3 is 2.62 bits per heavy atom. The molecule has 1 heterocycles. The molecule has 1 saturated heterocycles. The molecule has 1 aliphatic rings. The van der Waals surface area contributed by atoms with Gasteiger partial charge in [0.15, 0.2) is 0 Å². The lowest BCUT2D eigenvalue weighted by Crippen LogP contribution is -2.46. The zero-order valence-corrected chi connectivity index (χ0v) is 15.6. The number of nitrogens with two attached hydrogens (primary N) is 1. The van der Waals surface area contributed by atoms with Crippen LogP contribution in [0.3, 0.4) is 0 Å². The minimum absolute atomic E-state index is 0.0439. The van der Waals surface area contributed by atoms with Gasteiger partial charge in [0.1, 0.15) is 21.9 Å². The molecule has 0 bridgehead atoms. The molecule has 0 saturated carbocycles. The van der Waals surface area contributed by atoms with Crippen LogP contribution < -0.4 is 15.2 Å². The van der Waals surface area contributed by atoms with E-state index in [1.165, 1.54) is 14.2 Å². The van der Waals surface area contributed by atoms with Crippen molar-refractivity contribution in [1.29, 1.82) is 0 Å². The van der Waals surface area contributed by atoms with E-state index in [1.807, 2.05) is 0 Å². The lowest BCUT2D eigenvalue weighted by molar-refractivity contribution is -0.146. The van der Waals surface area contributed by atoms with Crippen molar-refractivity contribution in [3.63, 3.8) is 0 Å². The Kier molecular flexibility index (Phi) is 6.22. The number of amides is 2. The number of carbonyl (C=O) groups excluding carboxylic acids is 2. The molecule has 138 valence electrons. The summed E-state index contributed by atoms with van der Waals surface area (Å²) in [4.78, 5) is 36.3. The van der Waals surface area contributed by atoms with Crippen LogP contribution in [0.25, 0.3) is 6.08 Å². The number of benzene rings is 1. The van der Waals surface area contributed by atoms with E-state index in [1.54, 1.807) is 24.3 Å². The minimum Gasteiger partial charge on any atom is -0.497 e. The molecule has 0 aromatic heterocycles. The van der Waals surface area contributed by atoms with Crippen LogP contribution in [-0.4, -0.2) is 52.4 Å². The molecule has 1 aromatic rings. The Balaban J connectivity index is 2.37. The third kappa shape index (κ3) is 4.14. The molecule has 0 radical (unpaired) electrons. The summed E-state index contributed by atoms with van der Waals surface area (Å²) in [5.74, 6) is -1.75. The van der Waals surface area contributed by atoms with Crippen LogP contribution in [0.4, 0.5) is 0 Å². The highest BCUT2D eigenvalue weighted by Crippen LogP contribution is 2.36. The third-order valence-corrected chi connectivity index (χ3v) is 4.87. The van der Waals surface area contributed by atoms with Crippen molar-refractivity contribution in [2.75, 3.05) is 14.2 Å². The molecule has 1 aliphatic heterocycles. The lowest BCUT2D eigenvalue weighted by atomic mass is 10.1. The Morgan fingerprint density at radius 2 is 2.08 bits per heavy atom. The number of hydrogen-bond donors (Lipinski definition) is 2. The van der Waals surface area contributed by atoms with E-state index in [-0.39, 0.29) is 9.23 Å². The average molecular weight is 396 g/mol. The van der Waals surface area contributed by atoms with Gasteiger partial charge < -0.3 is 20.3 Å². The number of nitrogens with zero attached hydrogens (tertiary/aromatic N) is 1. The zero-order valence-electron chi connectivity index (χ0n) is 13.9. The van der Waals surface area contributed by atoms with Gasteiger partial charge in [0.05, 0.1) is 25.5 Å². The number of thioether (sulfide) groups is 1. The van der Waals surface area contributed by atoms with E-state index >= 15 is 0 Å². The highest BCUT2D eigenvalue weighted by atomic mass is 32.2. The second kappa shape index (κ2) is 8.19. The molecule has 3 N–H and O–H groups in total. The fourth-order valence-corrected chi connectivity index (χ4v) is 3.65. The second-order valence-corrected chi connectivity index (χ2v) is 6.86. The van der Waals surface area contributed by atoms with Gasteiger partial charge in [-0.2, -0.15) is 0 Å². The first kappa shape index (κ1) is 19.7. The van der Waals surface area contributed by atoms with Crippen molar-refractivity contribution in [2.24, 2.45) is 5.73 Å². The zero-order chi connectivity index (χ0) is 19.4. The molecule has 1 aromatic carbocycles. The Morgan fingerprint density at radius 1 is 1.38 bits per heavy atom. The summed E-state index contributed by atoms with van der Waals surface area (Å²) in [5.41, 5.74) is 5.67. The van der Waals surface area contributed by atoms with E-state index in [0.717, 1.165) is 16.7 Å². The van der Waals surface area contributed by atoms with Crippen molar-refractivity contribution < 1.29 is 29.0 Å². The summed E-state index contributed by atoms with van der Waals surface area (Å²) in [7, 11) is 3.00. The van der Waals surface area contributed by atoms with E-state index < -0.39 is 30.2 Å². The number of methoxy groups -OCH3 is 2. The number of thiocarbonyl (C=S) groups is 1. The largest absolute Gasteiger partial charge is 0.497 e. The van der Waals surface area contributed by atoms with Gasteiger partial charge in [0.25, 0.3) is 5.91 Å². The van der Waals surface area contributed by atoms with Crippen molar-refractivity contribution in [3.8, 4) is 11.5 Å². The van der Waals surface area contributed by atoms with E-state index in [4.69, 9.17) is 27.4 Å². The standard InChI is InChI=1S/C16H16N2O6S2/c1-23-9-4-3-8(11(6-9)24-2)5-12-14(20)18(16(25)26-12)10(15(21)22)7-13(17)19/h3-6,10H,7H2,1-2H3,(H2,17,19)(H,21,22)/b12-5-. The number of carbonyl (C=O) groups is 3. The van der Waals surface area contributed by atoms with Gasteiger partial charge >= 0.3 is 5.97 Å². The van der Waals surface area contributed by atoms with Gasteiger partial charge in [0, 0.05) is 11.6 Å². The maximum Gasteiger partial charge on any atom is 0.327 e. The highest BCUT2D eigenvalue weighted by Gasteiger charge is 2.41. The number of carboxylic acid groups (broad SMARTS) is 1. The topological polar surface area (TPSA) is 119 Å². The molecule has 0 spiro atoms. The smallest absolute Gasteiger partial charge is 0.327 e. The monoisotopic (exact) mass is 396 g/mol. The molecule has 1 unspecified atom stereocenters. The van der Waals surface area contributed by atoms with Gasteiger partial charge in [-0.15, -0.1) is 0 Å². The molecule has 10 heteroatoms. The molecular weight excluding hydrogens is 380 g/mol. The van der Waals surface area contributed by atoms with Gasteiger partial charge in [-0.25, -0.2) is 4.79 Å². The van der Waals surface area contributed by atoms with Crippen LogP contribution >= 0.6 is 24.0 Å². The number of primary amides is 1. The SMILES string of the molecule is COc1ccc(/C=C2\SC(=S)N(C(CC(N)=O)C(=O)O)C2=O)c(OC)c1. The third-order valence-electron chi connectivity index (χ3n) is 3.54. The number of aliphatic carboxylic acids is 1. The maximum atomic E-state index is 12.6. The van der Waals surface area contributed by atoms with Gasteiger partial charge in [-0.1, -0.05) is 24.0 Å². The summed E-state index contributed by atoms with van der Waals surface area (Å²) < 4.78 is 10.4. The number of ether oxygens (including phenoxy) is 2. The van der Waals surface area contributed by atoms with Crippen LogP contribution in [0.5, 0.6) is 11.5 Å². The normalized spacial score (nSPS) is 16.7. The number of carboxylic acids is 1. The van der Waals surface area contributed by atoms with Crippen LogP contribution in [0.2, 0.25) is 0 Å². The predicted octanol–water partition coefficient (Wildman–Crippen LogP) is 1.23. The fourth-order valence-electron chi connectivity index (χ4n) is 2.31. The second-order valence-electron chi connectivity index (χ2n) is 5.18. The van der Waals surface area contributed by atoms with Crippen molar-refractivity contribution in [2.45, 2.75) is 12.5 Å². The van der Waals surface area contributed by atoms with Crippen LogP contribution in [0, 0.1) is 0 Å². The molecular formula is C16H16N2O6S2. The summed E-state index contributed by atoms with van der Waals surface area (Å²) in [5, 5.41) is 9.31. The van der Waals surface area contributed by atoms with Crippen molar-refractivity contribution >= 4 is 52.2 Å². The number of rotatable bonds is 7. The fraction of sp³-hybridized carbons (Fsp3) is 0.250. The van der Waals surface area contributed by atoms with Crippen molar-refractivity contribution in [1.82, 2.24) is 4.90 Å². The first-order valence-corrected chi connectivity index (χ1v) is 8.51. The average Bonchev–Trinajstić information content (AvgIpc) is 2.86. The Labute approximate surface area is 158 Å². The molecule has 2 rings (SSSR count). The van der Waals surface area contributed by atoms with Gasteiger partial charge in [0.2, 0.25) is 5.91 Å². The lowest BCUT2D eigenvalue weighted by Gasteiger charge is -2.21. The quantitative estimate of drug-likeness (QED) is 0.522. The van der Waals surface area contributed by atoms with Crippen LogP contribution in [-0.2, 0) is 14.4 Å². The molecule has 0 aliphatic carbocycles. The number of hydrogen-bond acceptors (Lipinski definition) is 7. The van der Waals surface area contributed by atoms with E-state index in [9.17, 15) is 19.5 Å². The Bertz CT molecular complexity index is 808. The molecule has 1 fully saturated rings. The molecule has 2 amide bonds. The van der Waals surface area contributed by atoms with Crippen LogP contribution in [0.15, 0.2) is 23.1 Å². The summed E-state index contributed by atoms with van der Waals surface area (Å²) >= 11 is 6.07. The maximum absolute atomic E-state index is 12.6. The van der Waals surface area contributed by atoms with Crippen LogP contribution in [0.1, 0.15) is 12.0 Å². The van der Waals surface area contributed by atoms with Gasteiger partial charge in [-0.3, -0.25) is 14.5 Å². The first-order chi connectivity index (χ1) is 12.3. The summed E-state index contributed by atoms with van der Waals surface area (Å²) in [6.45, 7) is 0. The molecule has 1 atom stereocenters. The predicted molar refractivity (Wildman–Crippen MR) is 99.8 cm³/mol. The summed E-state index contributed by atoms with van der Waals surface area (Å²) in [6.07, 6.45) is 1.02. The highest BCUT2D eigenvalue weighted by molar-refractivity contribution is 8.26. The first-order valence-electron chi connectivity index (χ1n) is 7.28. The minimum atomic E-state index is -1.44. The van der Waals surface area contributed by atoms with E-state index in [2.05, 4.69) is 0 Å². The molecule has 8 nitrogen and oxygen atoms in total. The Hall–Kier alpha value is -2.59. The van der Waals surface area contributed by atoms with E-state index in [0.29, 0.717) is 17.1 Å². The molecule has 26 heavy (non-hydrogen) atoms. The summed E-state index contributed by atoms with van der Waals surface area (Å²) in [6, 6.07) is 3.60.